The first-order valence-corrected chi connectivity index (χ1v) is 7.83. The number of ether oxygens (including phenoxy) is 1. The summed E-state index contributed by atoms with van der Waals surface area (Å²) in [7, 11) is 1.63. The van der Waals surface area contributed by atoms with E-state index in [1.807, 2.05) is 42.5 Å². The molecule has 0 atom stereocenters. The van der Waals surface area contributed by atoms with Gasteiger partial charge >= 0.3 is 0 Å². The average Bonchev–Trinajstić information content (AvgIpc) is 2.47. The molecule has 0 bridgehead atoms. The minimum Gasteiger partial charge on any atom is -0.497 e. The highest BCUT2D eigenvalue weighted by atomic mass is 127. The summed E-state index contributed by atoms with van der Waals surface area (Å²) >= 11 is 5.54. The van der Waals surface area contributed by atoms with Crippen LogP contribution in [-0.2, 0) is 6.54 Å². The van der Waals surface area contributed by atoms with Crippen molar-refractivity contribution in [2.75, 3.05) is 7.11 Å². The average molecular weight is 446 g/mol. The normalized spacial score (nSPS) is 10.2. The van der Waals surface area contributed by atoms with E-state index in [0.29, 0.717) is 12.1 Å². The van der Waals surface area contributed by atoms with Gasteiger partial charge in [-0.15, -0.1) is 0 Å². The number of rotatable bonds is 4. The Labute approximate surface area is 140 Å². The SMILES string of the molecule is COc1ccc(CNC(=O)c2cc(Br)ccc2I)cc1. The molecule has 0 aliphatic heterocycles. The molecule has 0 aliphatic carbocycles. The van der Waals surface area contributed by atoms with Crippen LogP contribution in [0.2, 0.25) is 0 Å². The molecule has 0 unspecified atom stereocenters. The molecule has 0 aliphatic rings. The van der Waals surface area contributed by atoms with Gasteiger partial charge in [0.1, 0.15) is 5.75 Å². The standard InChI is InChI=1S/C15H13BrINO2/c1-20-12-5-2-10(3-6-12)9-18-15(19)13-8-11(16)4-7-14(13)17/h2-8H,9H2,1H3,(H,18,19). The van der Waals surface area contributed by atoms with E-state index in [2.05, 4.69) is 43.8 Å². The zero-order chi connectivity index (χ0) is 14.5. The molecule has 0 saturated carbocycles. The monoisotopic (exact) mass is 445 g/mol. The molecule has 2 rings (SSSR count). The third kappa shape index (κ3) is 3.96. The van der Waals surface area contributed by atoms with Crippen molar-refractivity contribution in [2.24, 2.45) is 0 Å². The summed E-state index contributed by atoms with van der Waals surface area (Å²) in [5, 5.41) is 2.92. The van der Waals surface area contributed by atoms with Gasteiger partial charge in [-0.3, -0.25) is 4.79 Å². The van der Waals surface area contributed by atoms with E-state index in [0.717, 1.165) is 19.4 Å². The summed E-state index contributed by atoms with van der Waals surface area (Å²) in [4.78, 5) is 12.2. The number of benzene rings is 2. The Morgan fingerprint density at radius 2 is 1.95 bits per heavy atom. The van der Waals surface area contributed by atoms with E-state index >= 15 is 0 Å². The van der Waals surface area contributed by atoms with Crippen LogP contribution < -0.4 is 10.1 Å². The zero-order valence-corrected chi connectivity index (χ0v) is 14.6. The second-order valence-electron chi connectivity index (χ2n) is 4.15. The zero-order valence-electron chi connectivity index (χ0n) is 10.8. The van der Waals surface area contributed by atoms with Gasteiger partial charge in [0, 0.05) is 14.6 Å². The van der Waals surface area contributed by atoms with Gasteiger partial charge in [0.25, 0.3) is 5.91 Å². The number of carbonyl (C=O) groups is 1. The van der Waals surface area contributed by atoms with Crippen molar-refractivity contribution in [3.63, 3.8) is 0 Å². The Bertz CT molecular complexity index is 614. The Hall–Kier alpha value is -1.08. The van der Waals surface area contributed by atoms with Gasteiger partial charge < -0.3 is 10.1 Å². The molecule has 1 N–H and O–H groups in total. The van der Waals surface area contributed by atoms with Crippen molar-refractivity contribution in [1.82, 2.24) is 5.32 Å². The third-order valence-electron chi connectivity index (χ3n) is 2.79. The maximum Gasteiger partial charge on any atom is 0.252 e. The van der Waals surface area contributed by atoms with Crippen molar-refractivity contribution < 1.29 is 9.53 Å². The van der Waals surface area contributed by atoms with Gasteiger partial charge in [-0.25, -0.2) is 0 Å². The van der Waals surface area contributed by atoms with E-state index in [4.69, 9.17) is 4.74 Å². The highest BCUT2D eigenvalue weighted by Gasteiger charge is 2.10. The van der Waals surface area contributed by atoms with E-state index in [1.165, 1.54) is 0 Å². The lowest BCUT2D eigenvalue weighted by atomic mass is 10.2. The number of nitrogens with one attached hydrogen (secondary N) is 1. The van der Waals surface area contributed by atoms with Gasteiger partial charge in [-0.05, 0) is 58.5 Å². The smallest absolute Gasteiger partial charge is 0.252 e. The molecular weight excluding hydrogens is 433 g/mol. The van der Waals surface area contributed by atoms with Gasteiger partial charge in [0.2, 0.25) is 0 Å². The molecule has 0 saturated heterocycles. The fraction of sp³-hybridized carbons (Fsp3) is 0.133. The first-order chi connectivity index (χ1) is 9.60. The summed E-state index contributed by atoms with van der Waals surface area (Å²) in [6, 6.07) is 13.3. The van der Waals surface area contributed by atoms with E-state index in [1.54, 1.807) is 7.11 Å². The molecule has 1 amide bonds. The Kier molecular flexibility index (Phi) is 5.42. The molecule has 2 aromatic rings. The summed E-state index contributed by atoms with van der Waals surface area (Å²) in [6.45, 7) is 0.491. The summed E-state index contributed by atoms with van der Waals surface area (Å²) < 4.78 is 6.92. The third-order valence-corrected chi connectivity index (χ3v) is 4.22. The summed E-state index contributed by atoms with van der Waals surface area (Å²) in [5.74, 6) is 0.730. The number of amides is 1. The van der Waals surface area contributed by atoms with Gasteiger partial charge in [0.15, 0.2) is 0 Å². The van der Waals surface area contributed by atoms with Crippen LogP contribution in [0.3, 0.4) is 0 Å². The van der Waals surface area contributed by atoms with Crippen LogP contribution in [0.15, 0.2) is 46.9 Å². The maximum atomic E-state index is 12.2. The Morgan fingerprint density at radius 3 is 2.60 bits per heavy atom. The lowest BCUT2D eigenvalue weighted by Crippen LogP contribution is -2.23. The minimum atomic E-state index is -0.0773. The van der Waals surface area contributed by atoms with E-state index in [9.17, 15) is 4.79 Å². The molecule has 0 radical (unpaired) electrons. The highest BCUT2D eigenvalue weighted by Crippen LogP contribution is 2.18. The van der Waals surface area contributed by atoms with Gasteiger partial charge in [-0.1, -0.05) is 28.1 Å². The number of methoxy groups -OCH3 is 1. The second kappa shape index (κ2) is 7.08. The van der Waals surface area contributed by atoms with Crippen LogP contribution in [0, 0.1) is 3.57 Å². The van der Waals surface area contributed by atoms with Crippen molar-refractivity contribution in [3.8, 4) is 5.75 Å². The molecular formula is C15H13BrINO2. The van der Waals surface area contributed by atoms with E-state index < -0.39 is 0 Å². The van der Waals surface area contributed by atoms with Crippen molar-refractivity contribution in [3.05, 3.63) is 61.6 Å². The summed E-state index contributed by atoms with van der Waals surface area (Å²) in [6.07, 6.45) is 0. The molecule has 2 aromatic carbocycles. The molecule has 104 valence electrons. The van der Waals surface area contributed by atoms with Crippen molar-refractivity contribution in [1.29, 1.82) is 0 Å². The Balaban J connectivity index is 2.02. The van der Waals surface area contributed by atoms with Crippen LogP contribution in [0.4, 0.5) is 0 Å². The molecule has 20 heavy (non-hydrogen) atoms. The Morgan fingerprint density at radius 1 is 1.25 bits per heavy atom. The minimum absolute atomic E-state index is 0.0773. The van der Waals surface area contributed by atoms with E-state index in [-0.39, 0.29) is 5.91 Å². The van der Waals surface area contributed by atoms with Crippen molar-refractivity contribution >= 4 is 44.4 Å². The number of halogens is 2. The summed E-state index contributed by atoms with van der Waals surface area (Å²) in [5.41, 5.74) is 1.71. The molecule has 0 fully saturated rings. The topological polar surface area (TPSA) is 38.3 Å². The lowest BCUT2D eigenvalue weighted by molar-refractivity contribution is 0.0950. The van der Waals surface area contributed by atoms with Crippen LogP contribution in [-0.4, -0.2) is 13.0 Å². The maximum absolute atomic E-state index is 12.2. The quantitative estimate of drug-likeness (QED) is 0.722. The predicted octanol–water partition coefficient (Wildman–Crippen LogP) is 3.99. The fourth-order valence-corrected chi connectivity index (χ4v) is 2.63. The molecule has 5 heteroatoms. The fourth-order valence-electron chi connectivity index (χ4n) is 1.69. The second-order valence-corrected chi connectivity index (χ2v) is 6.23. The number of hydrogen-bond donors (Lipinski definition) is 1. The first-order valence-electron chi connectivity index (χ1n) is 5.96. The molecule has 0 heterocycles. The van der Waals surface area contributed by atoms with Crippen LogP contribution >= 0.6 is 38.5 Å². The molecule has 3 nitrogen and oxygen atoms in total. The van der Waals surface area contributed by atoms with Crippen LogP contribution in [0.1, 0.15) is 15.9 Å². The lowest BCUT2D eigenvalue weighted by Gasteiger charge is -2.08. The van der Waals surface area contributed by atoms with Crippen LogP contribution in [0.25, 0.3) is 0 Å². The molecule has 0 aromatic heterocycles. The largest absolute Gasteiger partial charge is 0.497 e. The van der Waals surface area contributed by atoms with Crippen molar-refractivity contribution in [2.45, 2.75) is 6.54 Å². The predicted molar refractivity (Wildman–Crippen MR) is 91.0 cm³/mol. The van der Waals surface area contributed by atoms with Gasteiger partial charge in [-0.2, -0.15) is 0 Å². The molecule has 0 spiro atoms. The first kappa shape index (κ1) is 15.3. The van der Waals surface area contributed by atoms with Crippen LogP contribution in [0.5, 0.6) is 5.75 Å². The van der Waals surface area contributed by atoms with Gasteiger partial charge in [0.05, 0.1) is 12.7 Å². The number of hydrogen-bond acceptors (Lipinski definition) is 2. The highest BCUT2D eigenvalue weighted by molar-refractivity contribution is 14.1. The number of carbonyl (C=O) groups excluding carboxylic acids is 1.